The first-order valence-corrected chi connectivity index (χ1v) is 6.24. The summed E-state index contributed by atoms with van der Waals surface area (Å²) >= 11 is 0. The number of ether oxygens (including phenoxy) is 2. The maximum atomic E-state index is 11.7. The molecule has 0 aromatic carbocycles. The fourth-order valence-electron chi connectivity index (χ4n) is 3.21. The van der Waals surface area contributed by atoms with Crippen LogP contribution in [0.2, 0.25) is 0 Å². The van der Waals surface area contributed by atoms with Gasteiger partial charge in [-0.1, -0.05) is 0 Å². The van der Waals surface area contributed by atoms with Crippen molar-refractivity contribution in [2.75, 3.05) is 7.11 Å². The molecule has 102 valence electrons. The molecule has 5 atom stereocenters. The summed E-state index contributed by atoms with van der Waals surface area (Å²) in [7, 11) is 1.53. The summed E-state index contributed by atoms with van der Waals surface area (Å²) in [6.07, 6.45) is 0.864. The van der Waals surface area contributed by atoms with Gasteiger partial charge in [-0.25, -0.2) is 4.98 Å². The molecule has 6 heteroatoms. The molecule has 3 N–H and O–H groups in total. The second-order valence-corrected chi connectivity index (χ2v) is 5.03. The molecule has 0 aliphatic carbocycles. The molecule has 1 aromatic rings. The minimum atomic E-state index is -0.551. The highest BCUT2D eigenvalue weighted by Crippen LogP contribution is 2.48. The number of nitrogens with zero attached hydrogens (tertiary/aromatic N) is 1. The topological polar surface area (TPSA) is 94.7 Å². The number of amides is 1. The Bertz CT molecular complexity index is 507. The number of aliphatic hydroxyl groups is 1. The van der Waals surface area contributed by atoms with E-state index in [1.807, 2.05) is 0 Å². The van der Waals surface area contributed by atoms with Gasteiger partial charge in [0.15, 0.2) is 0 Å². The van der Waals surface area contributed by atoms with E-state index in [0.29, 0.717) is 12.3 Å². The number of hydrogen-bond donors (Lipinski definition) is 2. The second-order valence-electron chi connectivity index (χ2n) is 5.03. The van der Waals surface area contributed by atoms with E-state index in [-0.39, 0.29) is 24.0 Å². The zero-order valence-electron chi connectivity index (χ0n) is 10.5. The molecule has 3 heterocycles. The Morgan fingerprint density at radius 1 is 1.63 bits per heavy atom. The number of aromatic nitrogens is 1. The van der Waals surface area contributed by atoms with E-state index >= 15 is 0 Å². The largest absolute Gasteiger partial charge is 0.481 e. The van der Waals surface area contributed by atoms with Crippen molar-refractivity contribution < 1.29 is 19.4 Å². The van der Waals surface area contributed by atoms with E-state index in [2.05, 4.69) is 4.98 Å². The molecule has 0 saturated carbocycles. The molecule has 19 heavy (non-hydrogen) atoms. The van der Waals surface area contributed by atoms with E-state index < -0.39 is 12.0 Å². The first kappa shape index (κ1) is 12.4. The van der Waals surface area contributed by atoms with Crippen molar-refractivity contribution in [2.45, 2.75) is 30.7 Å². The highest BCUT2D eigenvalue weighted by Gasteiger charge is 2.56. The number of primary amides is 1. The Morgan fingerprint density at radius 2 is 2.42 bits per heavy atom. The van der Waals surface area contributed by atoms with E-state index in [9.17, 15) is 9.90 Å². The summed E-state index contributed by atoms with van der Waals surface area (Å²) in [5.74, 6) is -0.554. The van der Waals surface area contributed by atoms with Gasteiger partial charge in [0, 0.05) is 24.6 Å². The minimum Gasteiger partial charge on any atom is -0.481 e. The van der Waals surface area contributed by atoms with Gasteiger partial charge in [-0.3, -0.25) is 4.79 Å². The Labute approximate surface area is 110 Å². The predicted octanol–water partition coefficient (Wildman–Crippen LogP) is -0.193. The lowest BCUT2D eigenvalue weighted by Gasteiger charge is -2.28. The van der Waals surface area contributed by atoms with Gasteiger partial charge in [-0.05, 0) is 11.6 Å². The molecule has 0 spiro atoms. The number of nitrogens with two attached hydrogens (primary N) is 1. The zero-order valence-corrected chi connectivity index (χ0v) is 10.5. The van der Waals surface area contributed by atoms with Crippen LogP contribution in [-0.4, -0.2) is 41.4 Å². The number of aliphatic hydroxyl groups excluding tert-OH is 1. The minimum absolute atomic E-state index is 0.233. The summed E-state index contributed by atoms with van der Waals surface area (Å²) in [6.45, 7) is 0. The molecule has 5 unspecified atom stereocenters. The van der Waals surface area contributed by atoms with Gasteiger partial charge in [-0.15, -0.1) is 0 Å². The Kier molecular flexibility index (Phi) is 2.91. The first-order valence-electron chi connectivity index (χ1n) is 6.24. The summed E-state index contributed by atoms with van der Waals surface area (Å²) in [4.78, 5) is 15.7. The van der Waals surface area contributed by atoms with Gasteiger partial charge in [-0.2, -0.15) is 0 Å². The third kappa shape index (κ3) is 1.87. The van der Waals surface area contributed by atoms with Crippen LogP contribution in [0.25, 0.3) is 0 Å². The van der Waals surface area contributed by atoms with E-state index in [1.165, 1.54) is 7.11 Å². The first-order chi connectivity index (χ1) is 9.11. The Hall–Kier alpha value is -1.66. The lowest BCUT2D eigenvalue weighted by atomic mass is 9.74. The fourth-order valence-corrected chi connectivity index (χ4v) is 3.21. The number of fused-ring (bicyclic) bond motifs is 2. The molecule has 2 aliphatic rings. The van der Waals surface area contributed by atoms with E-state index in [4.69, 9.17) is 15.2 Å². The van der Waals surface area contributed by atoms with Crippen molar-refractivity contribution in [3.05, 3.63) is 23.9 Å². The standard InChI is InChI=1S/C13H16N2O4/c1-18-9-4-6(2-3-15-9)10-11(13(14)17)8-5-7(16)12(10)19-8/h2-4,7-8,10-12,16H,5H2,1H3,(H2,14,17). The average molecular weight is 264 g/mol. The van der Waals surface area contributed by atoms with Crippen LogP contribution in [0.5, 0.6) is 5.88 Å². The number of rotatable bonds is 3. The normalized spacial score (nSPS) is 36.4. The number of carbonyl (C=O) groups excluding carboxylic acids is 1. The average Bonchev–Trinajstić information content (AvgIpc) is 2.95. The van der Waals surface area contributed by atoms with Crippen molar-refractivity contribution in [1.82, 2.24) is 4.98 Å². The third-order valence-electron chi connectivity index (χ3n) is 4.01. The number of carbonyl (C=O) groups is 1. The molecular formula is C13H16N2O4. The van der Waals surface area contributed by atoms with Crippen molar-refractivity contribution in [1.29, 1.82) is 0 Å². The molecule has 2 saturated heterocycles. The lowest BCUT2D eigenvalue weighted by Crippen LogP contribution is -2.41. The van der Waals surface area contributed by atoms with Crippen LogP contribution in [-0.2, 0) is 9.53 Å². The summed E-state index contributed by atoms with van der Waals surface area (Å²) in [5, 5.41) is 9.95. The van der Waals surface area contributed by atoms with E-state index in [1.54, 1.807) is 18.3 Å². The third-order valence-corrected chi connectivity index (χ3v) is 4.01. The van der Waals surface area contributed by atoms with Crippen LogP contribution in [0.3, 0.4) is 0 Å². The molecule has 2 fully saturated rings. The van der Waals surface area contributed by atoms with Crippen LogP contribution < -0.4 is 10.5 Å². The molecule has 1 aromatic heterocycles. The summed E-state index contributed by atoms with van der Waals surface area (Å²) in [6, 6.07) is 3.57. The Morgan fingerprint density at radius 3 is 3.11 bits per heavy atom. The SMILES string of the molecule is COc1cc(C2C3OC(CC3O)C2C(N)=O)ccn1. The second kappa shape index (κ2) is 4.47. The molecular weight excluding hydrogens is 248 g/mol. The fraction of sp³-hybridized carbons (Fsp3) is 0.538. The molecule has 1 amide bonds. The number of methoxy groups -OCH3 is 1. The van der Waals surface area contributed by atoms with Gasteiger partial charge < -0.3 is 20.3 Å². The van der Waals surface area contributed by atoms with Crippen LogP contribution >= 0.6 is 0 Å². The quantitative estimate of drug-likeness (QED) is 0.789. The highest BCUT2D eigenvalue weighted by molar-refractivity contribution is 5.79. The summed E-state index contributed by atoms with van der Waals surface area (Å²) in [5.41, 5.74) is 6.34. The maximum absolute atomic E-state index is 11.7. The molecule has 0 radical (unpaired) electrons. The van der Waals surface area contributed by atoms with Gasteiger partial charge >= 0.3 is 0 Å². The number of hydrogen-bond acceptors (Lipinski definition) is 5. The molecule has 3 rings (SSSR count). The maximum Gasteiger partial charge on any atom is 0.223 e. The van der Waals surface area contributed by atoms with Gasteiger partial charge in [0.25, 0.3) is 0 Å². The van der Waals surface area contributed by atoms with Crippen LogP contribution in [0.1, 0.15) is 17.9 Å². The van der Waals surface area contributed by atoms with Crippen molar-refractivity contribution in [3.8, 4) is 5.88 Å². The van der Waals surface area contributed by atoms with Crippen LogP contribution in [0, 0.1) is 5.92 Å². The Balaban J connectivity index is 1.98. The van der Waals surface area contributed by atoms with Crippen molar-refractivity contribution >= 4 is 5.91 Å². The highest BCUT2D eigenvalue weighted by atomic mass is 16.5. The number of pyridine rings is 1. The van der Waals surface area contributed by atoms with Gasteiger partial charge in [0.1, 0.15) is 0 Å². The summed E-state index contributed by atoms with van der Waals surface area (Å²) < 4.78 is 10.8. The van der Waals surface area contributed by atoms with Crippen molar-refractivity contribution in [3.63, 3.8) is 0 Å². The molecule has 2 bridgehead atoms. The van der Waals surface area contributed by atoms with Crippen LogP contribution in [0.4, 0.5) is 0 Å². The van der Waals surface area contributed by atoms with Gasteiger partial charge in [0.2, 0.25) is 11.8 Å². The van der Waals surface area contributed by atoms with Crippen molar-refractivity contribution in [2.24, 2.45) is 11.7 Å². The van der Waals surface area contributed by atoms with Gasteiger partial charge in [0.05, 0.1) is 31.3 Å². The zero-order chi connectivity index (χ0) is 13.6. The molecule has 2 aliphatic heterocycles. The van der Waals surface area contributed by atoms with E-state index in [0.717, 1.165) is 5.56 Å². The monoisotopic (exact) mass is 264 g/mol. The predicted molar refractivity (Wildman–Crippen MR) is 65.5 cm³/mol. The smallest absolute Gasteiger partial charge is 0.223 e. The molecule has 6 nitrogen and oxygen atoms in total. The lowest BCUT2D eigenvalue weighted by molar-refractivity contribution is -0.123. The van der Waals surface area contributed by atoms with Crippen LogP contribution in [0.15, 0.2) is 18.3 Å².